The normalized spacial score (nSPS) is 16.3. The van der Waals surface area contributed by atoms with E-state index in [9.17, 15) is 5.11 Å². The third kappa shape index (κ3) is 3.73. The Morgan fingerprint density at radius 2 is 1.53 bits per heavy atom. The molecule has 1 aromatic heterocycles. The molecule has 7 nitrogen and oxygen atoms in total. The van der Waals surface area contributed by atoms with Gasteiger partial charge in [-0.25, -0.2) is 4.98 Å². The lowest BCUT2D eigenvalue weighted by atomic mass is 10.0. The van der Waals surface area contributed by atoms with Crippen LogP contribution < -0.4 is 9.47 Å². The molecule has 0 aliphatic carbocycles. The van der Waals surface area contributed by atoms with Crippen molar-refractivity contribution in [1.82, 2.24) is 9.97 Å². The van der Waals surface area contributed by atoms with Crippen LogP contribution >= 0.6 is 11.6 Å². The first-order valence-corrected chi connectivity index (χ1v) is 9.72. The van der Waals surface area contributed by atoms with Crippen LogP contribution in [0.1, 0.15) is 28.6 Å². The van der Waals surface area contributed by atoms with Crippen LogP contribution in [0.2, 0.25) is 5.15 Å². The molecular weight excluding hydrogens is 408 g/mol. The first-order chi connectivity index (χ1) is 14.6. The van der Waals surface area contributed by atoms with Gasteiger partial charge in [-0.3, -0.25) is 4.98 Å². The molecule has 3 aromatic rings. The minimum absolute atomic E-state index is 0.0720. The number of methoxy groups -OCH3 is 2. The van der Waals surface area contributed by atoms with Crippen LogP contribution in [0.25, 0.3) is 0 Å². The van der Waals surface area contributed by atoms with E-state index in [0.717, 1.165) is 5.56 Å². The summed E-state index contributed by atoms with van der Waals surface area (Å²) in [5.74, 6) is 0.191. The van der Waals surface area contributed by atoms with Gasteiger partial charge in [0.1, 0.15) is 29.0 Å². The standard InChI is InChI=1S/C22H21ClN2O5/c1-27-16-7-3-14(4-8-16)20(26)19-21(23)25-18(13-24-19)22(29-11-12-30-22)15-5-9-17(28-2)10-6-15/h3-10,13,20,26H,11-12H2,1-2H3. The highest BCUT2D eigenvalue weighted by Crippen LogP contribution is 2.39. The monoisotopic (exact) mass is 428 g/mol. The maximum Gasteiger partial charge on any atom is 0.241 e. The molecule has 0 radical (unpaired) electrons. The Morgan fingerprint density at radius 3 is 2.07 bits per heavy atom. The molecule has 0 saturated carbocycles. The summed E-state index contributed by atoms with van der Waals surface area (Å²) in [6, 6.07) is 14.3. The Balaban J connectivity index is 1.67. The Kier molecular flexibility index (Phi) is 5.87. The topological polar surface area (TPSA) is 82.9 Å². The van der Waals surface area contributed by atoms with Crippen LogP contribution in [-0.2, 0) is 15.3 Å². The van der Waals surface area contributed by atoms with Crippen LogP contribution in [-0.4, -0.2) is 42.5 Å². The average molecular weight is 429 g/mol. The molecule has 0 bridgehead atoms. The Bertz CT molecular complexity index is 1010. The van der Waals surface area contributed by atoms with Crippen molar-refractivity contribution >= 4 is 11.6 Å². The smallest absolute Gasteiger partial charge is 0.241 e. The van der Waals surface area contributed by atoms with E-state index in [4.69, 9.17) is 30.5 Å². The molecule has 1 N–H and O–H groups in total. The van der Waals surface area contributed by atoms with Crippen molar-refractivity contribution in [2.45, 2.75) is 11.9 Å². The molecule has 1 saturated heterocycles. The van der Waals surface area contributed by atoms with Crippen molar-refractivity contribution < 1.29 is 24.1 Å². The van der Waals surface area contributed by atoms with E-state index in [1.165, 1.54) is 6.20 Å². The molecule has 1 fully saturated rings. The number of ether oxygens (including phenoxy) is 4. The molecule has 1 aliphatic rings. The number of rotatable bonds is 6. The van der Waals surface area contributed by atoms with Gasteiger partial charge in [-0.15, -0.1) is 0 Å². The second kappa shape index (κ2) is 8.57. The zero-order chi connectivity index (χ0) is 21.1. The molecule has 2 aromatic carbocycles. The lowest BCUT2D eigenvalue weighted by Crippen LogP contribution is -2.30. The number of hydrogen-bond acceptors (Lipinski definition) is 7. The highest BCUT2D eigenvalue weighted by atomic mass is 35.5. The third-order valence-electron chi connectivity index (χ3n) is 4.95. The molecule has 2 heterocycles. The van der Waals surface area contributed by atoms with Gasteiger partial charge in [0.2, 0.25) is 5.79 Å². The summed E-state index contributed by atoms with van der Waals surface area (Å²) in [7, 11) is 3.18. The molecule has 1 atom stereocenters. The Morgan fingerprint density at radius 1 is 0.967 bits per heavy atom. The average Bonchev–Trinajstić information content (AvgIpc) is 3.30. The lowest BCUT2D eigenvalue weighted by Gasteiger charge is -2.27. The minimum atomic E-state index is -1.22. The maximum absolute atomic E-state index is 10.7. The van der Waals surface area contributed by atoms with Gasteiger partial charge in [-0.2, -0.15) is 0 Å². The zero-order valence-electron chi connectivity index (χ0n) is 16.5. The summed E-state index contributed by atoms with van der Waals surface area (Å²) in [6.07, 6.45) is 0.482. The van der Waals surface area contributed by atoms with Crippen LogP contribution in [0.3, 0.4) is 0 Å². The summed E-state index contributed by atoms with van der Waals surface area (Å²) < 4.78 is 22.3. The lowest BCUT2D eigenvalue weighted by molar-refractivity contribution is -0.133. The molecule has 30 heavy (non-hydrogen) atoms. The van der Waals surface area contributed by atoms with Crippen molar-refractivity contribution in [1.29, 1.82) is 0 Å². The van der Waals surface area contributed by atoms with E-state index in [0.29, 0.717) is 36.0 Å². The van der Waals surface area contributed by atoms with E-state index in [1.807, 2.05) is 24.3 Å². The van der Waals surface area contributed by atoms with E-state index in [2.05, 4.69) is 9.97 Å². The quantitative estimate of drug-likeness (QED) is 0.643. The highest BCUT2D eigenvalue weighted by Gasteiger charge is 2.43. The summed E-state index contributed by atoms with van der Waals surface area (Å²) in [6.45, 7) is 0.809. The maximum atomic E-state index is 10.7. The van der Waals surface area contributed by atoms with Gasteiger partial charge in [-0.1, -0.05) is 23.7 Å². The second-order valence-corrected chi connectivity index (χ2v) is 7.01. The summed E-state index contributed by atoms with van der Waals surface area (Å²) in [4.78, 5) is 8.85. The number of hydrogen-bond donors (Lipinski definition) is 1. The van der Waals surface area contributed by atoms with Gasteiger partial charge in [0.25, 0.3) is 0 Å². The SMILES string of the molecule is COc1ccc(C(O)c2ncc(C3(c4ccc(OC)cc4)OCCO3)nc2Cl)cc1. The molecule has 8 heteroatoms. The third-order valence-corrected chi connectivity index (χ3v) is 5.23. The van der Waals surface area contributed by atoms with Gasteiger partial charge in [0.15, 0.2) is 5.15 Å². The molecule has 0 amide bonds. The van der Waals surface area contributed by atoms with Crippen molar-refractivity contribution in [2.24, 2.45) is 0 Å². The fourth-order valence-corrected chi connectivity index (χ4v) is 3.59. The van der Waals surface area contributed by atoms with Gasteiger partial charge in [-0.05, 0) is 42.0 Å². The van der Waals surface area contributed by atoms with E-state index in [-0.39, 0.29) is 10.8 Å². The molecule has 156 valence electrons. The van der Waals surface area contributed by atoms with Gasteiger partial charge >= 0.3 is 0 Å². The predicted molar refractivity (Wildman–Crippen MR) is 110 cm³/mol. The first kappa shape index (κ1) is 20.6. The summed E-state index contributed by atoms with van der Waals surface area (Å²) in [5, 5.41) is 10.8. The van der Waals surface area contributed by atoms with E-state index in [1.54, 1.807) is 38.5 Å². The Hall–Kier alpha value is -2.71. The number of halogens is 1. The van der Waals surface area contributed by atoms with Crippen LogP contribution in [0, 0.1) is 0 Å². The number of aliphatic hydroxyl groups excluding tert-OH is 1. The van der Waals surface area contributed by atoms with E-state index < -0.39 is 11.9 Å². The summed E-state index contributed by atoms with van der Waals surface area (Å²) in [5.41, 5.74) is 2.02. The minimum Gasteiger partial charge on any atom is -0.497 e. The van der Waals surface area contributed by atoms with Crippen molar-refractivity contribution in [3.63, 3.8) is 0 Å². The number of nitrogens with zero attached hydrogens (tertiary/aromatic N) is 2. The van der Waals surface area contributed by atoms with Crippen molar-refractivity contribution in [3.05, 3.63) is 82.4 Å². The highest BCUT2D eigenvalue weighted by molar-refractivity contribution is 6.30. The molecular formula is C22H21ClN2O5. The zero-order valence-corrected chi connectivity index (χ0v) is 17.3. The predicted octanol–water partition coefficient (Wildman–Crippen LogP) is 3.48. The first-order valence-electron chi connectivity index (χ1n) is 9.35. The molecule has 1 aliphatic heterocycles. The van der Waals surface area contributed by atoms with Gasteiger partial charge < -0.3 is 24.1 Å². The number of benzene rings is 2. The van der Waals surface area contributed by atoms with Crippen LogP contribution in [0.5, 0.6) is 11.5 Å². The van der Waals surface area contributed by atoms with Gasteiger partial charge in [0, 0.05) is 5.56 Å². The number of aromatic nitrogens is 2. The van der Waals surface area contributed by atoms with E-state index >= 15 is 0 Å². The van der Waals surface area contributed by atoms with Crippen molar-refractivity contribution in [2.75, 3.05) is 27.4 Å². The largest absolute Gasteiger partial charge is 0.497 e. The molecule has 0 spiro atoms. The fourth-order valence-electron chi connectivity index (χ4n) is 3.35. The second-order valence-electron chi connectivity index (χ2n) is 6.65. The molecule has 4 rings (SSSR count). The van der Waals surface area contributed by atoms with Crippen LogP contribution in [0.15, 0.2) is 54.7 Å². The summed E-state index contributed by atoms with van der Waals surface area (Å²) >= 11 is 6.42. The number of aliphatic hydroxyl groups is 1. The molecule has 1 unspecified atom stereocenters. The fraction of sp³-hybridized carbons (Fsp3) is 0.273. The Labute approximate surface area is 179 Å². The van der Waals surface area contributed by atoms with Gasteiger partial charge in [0.05, 0.1) is 33.6 Å². The van der Waals surface area contributed by atoms with Crippen molar-refractivity contribution in [3.8, 4) is 11.5 Å². The van der Waals surface area contributed by atoms with Crippen LogP contribution in [0.4, 0.5) is 0 Å².